The summed E-state index contributed by atoms with van der Waals surface area (Å²) in [6.45, 7) is 0. The van der Waals surface area contributed by atoms with E-state index in [0.717, 1.165) is 15.6 Å². The summed E-state index contributed by atoms with van der Waals surface area (Å²) >= 11 is 3.43. The van der Waals surface area contributed by atoms with Crippen molar-refractivity contribution in [3.05, 3.63) is 101 Å². The van der Waals surface area contributed by atoms with Crippen molar-refractivity contribution in [3.8, 4) is 11.5 Å². The summed E-state index contributed by atoms with van der Waals surface area (Å²) in [5, 5.41) is 14.1. The molecule has 1 heterocycles. The van der Waals surface area contributed by atoms with Gasteiger partial charge in [0.25, 0.3) is 0 Å². The molecule has 0 aliphatic heterocycles. The molecule has 0 radical (unpaired) electrons. The van der Waals surface area contributed by atoms with E-state index in [1.165, 1.54) is 0 Å². The number of para-hydroxylation sites is 1. The van der Waals surface area contributed by atoms with Crippen molar-refractivity contribution >= 4 is 27.6 Å². The standard InChI is InChI=1S/C22H17BrN4O2/c23-17-13-7-8-14-18(17)24-22(28)25-19(15-9-3-1-4-10-15)21-27-26-20(29-21)16-11-5-2-6-12-16/h1-14,19H,(H2,24,25,28)/t19-/m0/s1. The van der Waals surface area contributed by atoms with Crippen molar-refractivity contribution in [2.75, 3.05) is 5.32 Å². The number of benzene rings is 3. The molecule has 29 heavy (non-hydrogen) atoms. The molecule has 2 amide bonds. The Hall–Kier alpha value is -3.45. The fraction of sp³-hybridized carbons (Fsp3) is 0.0455. The van der Waals surface area contributed by atoms with E-state index in [1.807, 2.05) is 78.9 Å². The van der Waals surface area contributed by atoms with Crippen LogP contribution in [0.1, 0.15) is 17.5 Å². The van der Waals surface area contributed by atoms with Gasteiger partial charge in [0.2, 0.25) is 11.8 Å². The van der Waals surface area contributed by atoms with Crippen LogP contribution in [0.5, 0.6) is 0 Å². The van der Waals surface area contributed by atoms with Gasteiger partial charge in [-0.3, -0.25) is 0 Å². The van der Waals surface area contributed by atoms with Gasteiger partial charge in [0, 0.05) is 10.0 Å². The highest BCUT2D eigenvalue weighted by Gasteiger charge is 2.23. The van der Waals surface area contributed by atoms with Gasteiger partial charge in [0.1, 0.15) is 6.04 Å². The number of hydrogen-bond donors (Lipinski definition) is 2. The number of rotatable bonds is 5. The Labute approximate surface area is 176 Å². The van der Waals surface area contributed by atoms with E-state index in [0.29, 0.717) is 17.5 Å². The van der Waals surface area contributed by atoms with Gasteiger partial charge >= 0.3 is 6.03 Å². The Kier molecular flexibility index (Phi) is 5.67. The molecule has 0 saturated carbocycles. The lowest BCUT2D eigenvalue weighted by molar-refractivity contribution is 0.248. The Balaban J connectivity index is 1.60. The lowest BCUT2D eigenvalue weighted by Gasteiger charge is -2.16. The lowest BCUT2D eigenvalue weighted by Crippen LogP contribution is -2.33. The number of nitrogens with zero attached hydrogens (tertiary/aromatic N) is 2. The summed E-state index contributed by atoms with van der Waals surface area (Å²) in [6.07, 6.45) is 0. The van der Waals surface area contributed by atoms with Crippen LogP contribution >= 0.6 is 15.9 Å². The summed E-state index contributed by atoms with van der Waals surface area (Å²) in [7, 11) is 0. The second-order valence-corrected chi connectivity index (χ2v) is 7.09. The van der Waals surface area contributed by atoms with E-state index in [1.54, 1.807) is 6.07 Å². The van der Waals surface area contributed by atoms with Gasteiger partial charge in [-0.2, -0.15) is 0 Å². The minimum atomic E-state index is -0.594. The number of aromatic nitrogens is 2. The van der Waals surface area contributed by atoms with Gasteiger partial charge in [0.15, 0.2) is 0 Å². The highest BCUT2D eigenvalue weighted by molar-refractivity contribution is 9.10. The van der Waals surface area contributed by atoms with Crippen LogP contribution < -0.4 is 10.6 Å². The predicted molar refractivity (Wildman–Crippen MR) is 114 cm³/mol. The van der Waals surface area contributed by atoms with Crippen molar-refractivity contribution in [1.82, 2.24) is 15.5 Å². The number of anilines is 1. The van der Waals surface area contributed by atoms with Gasteiger partial charge in [-0.15, -0.1) is 10.2 Å². The second-order valence-electron chi connectivity index (χ2n) is 6.23. The monoisotopic (exact) mass is 448 g/mol. The highest BCUT2D eigenvalue weighted by atomic mass is 79.9. The third-order valence-corrected chi connectivity index (χ3v) is 4.93. The second kappa shape index (κ2) is 8.70. The molecule has 0 spiro atoms. The fourth-order valence-corrected chi connectivity index (χ4v) is 3.22. The zero-order valence-corrected chi connectivity index (χ0v) is 16.8. The molecule has 4 rings (SSSR count). The van der Waals surface area contributed by atoms with Crippen LogP contribution in [-0.4, -0.2) is 16.2 Å². The van der Waals surface area contributed by atoms with Crippen molar-refractivity contribution in [3.63, 3.8) is 0 Å². The molecular weight excluding hydrogens is 432 g/mol. The Morgan fingerprint density at radius 3 is 2.24 bits per heavy atom. The Morgan fingerprint density at radius 1 is 0.862 bits per heavy atom. The van der Waals surface area contributed by atoms with Crippen LogP contribution in [0.2, 0.25) is 0 Å². The van der Waals surface area contributed by atoms with Crippen molar-refractivity contribution in [2.45, 2.75) is 6.04 Å². The van der Waals surface area contributed by atoms with Crippen LogP contribution in [0.15, 0.2) is 93.8 Å². The molecule has 0 aliphatic rings. The van der Waals surface area contributed by atoms with E-state index >= 15 is 0 Å². The highest BCUT2D eigenvalue weighted by Crippen LogP contribution is 2.26. The van der Waals surface area contributed by atoms with E-state index in [9.17, 15) is 4.79 Å². The molecule has 0 bridgehead atoms. The molecule has 7 heteroatoms. The number of hydrogen-bond acceptors (Lipinski definition) is 4. The third-order valence-electron chi connectivity index (χ3n) is 4.24. The maximum absolute atomic E-state index is 12.7. The maximum Gasteiger partial charge on any atom is 0.320 e. The average Bonchev–Trinajstić information content (AvgIpc) is 3.25. The van der Waals surface area contributed by atoms with Gasteiger partial charge < -0.3 is 15.1 Å². The van der Waals surface area contributed by atoms with E-state index in [-0.39, 0.29) is 6.03 Å². The van der Waals surface area contributed by atoms with Crippen LogP contribution in [0.25, 0.3) is 11.5 Å². The maximum atomic E-state index is 12.7. The first-order valence-corrected chi connectivity index (χ1v) is 9.76. The molecule has 4 aromatic rings. The minimum absolute atomic E-state index is 0.303. The topological polar surface area (TPSA) is 80.0 Å². The number of amides is 2. The molecule has 6 nitrogen and oxygen atoms in total. The quantitative estimate of drug-likeness (QED) is 0.427. The van der Waals surface area contributed by atoms with E-state index in [2.05, 4.69) is 36.8 Å². The molecule has 0 saturated heterocycles. The van der Waals surface area contributed by atoms with Crippen molar-refractivity contribution in [2.24, 2.45) is 0 Å². The first-order valence-electron chi connectivity index (χ1n) is 8.96. The fourth-order valence-electron chi connectivity index (χ4n) is 2.83. The molecule has 0 unspecified atom stereocenters. The average molecular weight is 449 g/mol. The molecule has 2 N–H and O–H groups in total. The summed E-state index contributed by atoms with van der Waals surface area (Å²) < 4.78 is 6.67. The Bertz CT molecular complexity index is 1100. The molecule has 144 valence electrons. The normalized spacial score (nSPS) is 11.6. The number of nitrogens with one attached hydrogen (secondary N) is 2. The SMILES string of the molecule is O=C(Nc1ccccc1Br)N[C@@H](c1ccccc1)c1nnc(-c2ccccc2)o1. The summed E-state index contributed by atoms with van der Waals surface area (Å²) in [4.78, 5) is 12.7. The number of halogens is 1. The number of carbonyl (C=O) groups is 1. The largest absolute Gasteiger partial charge is 0.418 e. The molecular formula is C22H17BrN4O2. The first kappa shape index (κ1) is 18.9. The molecule has 0 fully saturated rings. The van der Waals surface area contributed by atoms with Crippen molar-refractivity contribution in [1.29, 1.82) is 0 Å². The summed E-state index contributed by atoms with van der Waals surface area (Å²) in [5.41, 5.74) is 2.31. The van der Waals surface area contributed by atoms with E-state index in [4.69, 9.17) is 4.42 Å². The number of carbonyl (C=O) groups excluding carboxylic acids is 1. The first-order chi connectivity index (χ1) is 14.2. The molecule has 3 aromatic carbocycles. The lowest BCUT2D eigenvalue weighted by atomic mass is 10.1. The number of urea groups is 1. The van der Waals surface area contributed by atoms with Crippen LogP contribution in [-0.2, 0) is 0 Å². The summed E-state index contributed by atoms with van der Waals surface area (Å²) in [6, 6.07) is 25.4. The van der Waals surface area contributed by atoms with Crippen LogP contribution in [0.3, 0.4) is 0 Å². The van der Waals surface area contributed by atoms with E-state index < -0.39 is 6.04 Å². The zero-order valence-electron chi connectivity index (χ0n) is 15.2. The predicted octanol–water partition coefficient (Wildman–Crippen LogP) is 5.41. The Morgan fingerprint density at radius 2 is 1.52 bits per heavy atom. The molecule has 1 atom stereocenters. The van der Waals surface area contributed by atoms with Crippen molar-refractivity contribution < 1.29 is 9.21 Å². The zero-order chi connectivity index (χ0) is 20.1. The van der Waals surface area contributed by atoms with Gasteiger partial charge in [0.05, 0.1) is 5.69 Å². The van der Waals surface area contributed by atoms with Gasteiger partial charge in [-0.1, -0.05) is 60.7 Å². The molecule has 0 aliphatic carbocycles. The van der Waals surface area contributed by atoms with Crippen LogP contribution in [0.4, 0.5) is 10.5 Å². The van der Waals surface area contributed by atoms with Gasteiger partial charge in [-0.25, -0.2) is 4.79 Å². The van der Waals surface area contributed by atoms with Crippen LogP contribution in [0, 0.1) is 0 Å². The smallest absolute Gasteiger partial charge is 0.320 e. The molecule has 1 aromatic heterocycles. The minimum Gasteiger partial charge on any atom is -0.418 e. The van der Waals surface area contributed by atoms with Gasteiger partial charge in [-0.05, 0) is 45.8 Å². The summed E-state index contributed by atoms with van der Waals surface area (Å²) in [5.74, 6) is 0.701. The third kappa shape index (κ3) is 4.52.